The molecular formula is C15H11ClO4. The first-order valence-corrected chi connectivity index (χ1v) is 6.18. The van der Waals surface area contributed by atoms with Gasteiger partial charge in [-0.3, -0.25) is 4.79 Å². The molecule has 2 aromatic rings. The lowest BCUT2D eigenvalue weighted by Crippen LogP contribution is -2.18. The molecule has 1 unspecified atom stereocenters. The maximum absolute atomic E-state index is 11.3. The maximum atomic E-state index is 11.3. The molecule has 0 radical (unpaired) electrons. The van der Waals surface area contributed by atoms with Gasteiger partial charge in [0.1, 0.15) is 12.0 Å². The zero-order valence-electron chi connectivity index (χ0n) is 10.3. The average molecular weight is 291 g/mol. The Bertz CT molecular complexity index is 605. The van der Waals surface area contributed by atoms with Gasteiger partial charge in [0.05, 0.1) is 0 Å². The molecule has 0 fully saturated rings. The molecular weight excluding hydrogens is 280 g/mol. The summed E-state index contributed by atoms with van der Waals surface area (Å²) in [4.78, 5) is 21.9. The monoisotopic (exact) mass is 290 g/mol. The maximum Gasteiger partial charge on any atom is 0.349 e. The van der Waals surface area contributed by atoms with E-state index < -0.39 is 12.1 Å². The molecule has 2 aromatic carbocycles. The molecule has 1 N–H and O–H groups in total. The highest BCUT2D eigenvalue weighted by Gasteiger charge is 2.21. The molecule has 5 heteroatoms. The lowest BCUT2D eigenvalue weighted by molar-refractivity contribution is -0.145. The number of carbonyl (C=O) groups is 2. The molecule has 0 saturated carbocycles. The van der Waals surface area contributed by atoms with Crippen molar-refractivity contribution in [1.29, 1.82) is 0 Å². The van der Waals surface area contributed by atoms with Crippen LogP contribution in [0, 0.1) is 0 Å². The van der Waals surface area contributed by atoms with Crippen LogP contribution in [0.4, 0.5) is 0 Å². The Morgan fingerprint density at radius 3 is 2.20 bits per heavy atom. The van der Waals surface area contributed by atoms with Crippen molar-refractivity contribution in [1.82, 2.24) is 0 Å². The van der Waals surface area contributed by atoms with Crippen molar-refractivity contribution in [2.45, 2.75) is 6.10 Å². The molecule has 0 spiro atoms. The van der Waals surface area contributed by atoms with E-state index in [1.54, 1.807) is 48.5 Å². The molecule has 20 heavy (non-hydrogen) atoms. The van der Waals surface area contributed by atoms with E-state index in [1.807, 2.05) is 0 Å². The second-order valence-electron chi connectivity index (χ2n) is 4.07. The fourth-order valence-corrected chi connectivity index (χ4v) is 1.79. The number of hydrogen-bond acceptors (Lipinski definition) is 3. The third kappa shape index (κ3) is 3.36. The van der Waals surface area contributed by atoms with Crippen molar-refractivity contribution >= 4 is 23.9 Å². The molecule has 4 nitrogen and oxygen atoms in total. The number of hydrogen-bond donors (Lipinski definition) is 1. The Morgan fingerprint density at radius 2 is 1.70 bits per heavy atom. The molecule has 2 rings (SSSR count). The van der Waals surface area contributed by atoms with E-state index in [2.05, 4.69) is 0 Å². The Hall–Kier alpha value is -2.33. The normalized spacial score (nSPS) is 11.7. The highest BCUT2D eigenvalue weighted by Crippen LogP contribution is 2.24. The van der Waals surface area contributed by atoms with Gasteiger partial charge in [-0.25, -0.2) is 4.79 Å². The first-order valence-electron chi connectivity index (χ1n) is 5.80. The molecule has 0 bridgehead atoms. The largest absolute Gasteiger partial charge is 0.478 e. The van der Waals surface area contributed by atoms with E-state index >= 15 is 0 Å². The molecule has 102 valence electrons. The molecule has 0 aliphatic heterocycles. The van der Waals surface area contributed by atoms with Crippen LogP contribution in [0.15, 0.2) is 48.5 Å². The van der Waals surface area contributed by atoms with E-state index in [0.717, 1.165) is 0 Å². The van der Waals surface area contributed by atoms with Gasteiger partial charge in [0, 0.05) is 16.1 Å². The number of rotatable bonds is 5. The standard InChI is InChI=1S/C15H11ClO4/c16-12-5-7-13(8-6-12)20-14(15(18)19)11-3-1-10(9-17)2-4-11/h1-9,14H,(H,18,19). The van der Waals surface area contributed by atoms with E-state index in [4.69, 9.17) is 16.3 Å². The smallest absolute Gasteiger partial charge is 0.349 e. The summed E-state index contributed by atoms with van der Waals surface area (Å²) in [6.07, 6.45) is -0.448. The molecule has 0 saturated heterocycles. The second kappa shape index (κ2) is 6.21. The van der Waals surface area contributed by atoms with Crippen LogP contribution in [0.5, 0.6) is 5.75 Å². The lowest BCUT2D eigenvalue weighted by Gasteiger charge is -2.15. The van der Waals surface area contributed by atoms with Crippen molar-refractivity contribution in [2.75, 3.05) is 0 Å². The van der Waals surface area contributed by atoms with Crippen LogP contribution < -0.4 is 4.74 Å². The van der Waals surface area contributed by atoms with Crippen LogP contribution in [-0.2, 0) is 4.79 Å². The average Bonchev–Trinajstić information content (AvgIpc) is 2.46. The molecule has 0 heterocycles. The SMILES string of the molecule is O=Cc1ccc(C(Oc2ccc(Cl)cc2)C(=O)O)cc1. The number of aliphatic carboxylic acids is 1. The Balaban J connectivity index is 2.24. The van der Waals surface area contributed by atoms with Gasteiger partial charge in [0.25, 0.3) is 0 Å². The van der Waals surface area contributed by atoms with Crippen molar-refractivity contribution in [2.24, 2.45) is 0 Å². The van der Waals surface area contributed by atoms with Crippen molar-refractivity contribution in [3.63, 3.8) is 0 Å². The minimum atomic E-state index is -1.14. The van der Waals surface area contributed by atoms with Crippen LogP contribution in [0.2, 0.25) is 5.02 Å². The predicted molar refractivity (Wildman–Crippen MR) is 74.3 cm³/mol. The summed E-state index contributed by atoms with van der Waals surface area (Å²) < 4.78 is 5.44. The van der Waals surface area contributed by atoms with Gasteiger partial charge in [-0.15, -0.1) is 0 Å². The van der Waals surface area contributed by atoms with Gasteiger partial charge >= 0.3 is 5.97 Å². The summed E-state index contributed by atoms with van der Waals surface area (Å²) in [6.45, 7) is 0. The number of carboxylic acids is 1. The number of aldehydes is 1. The zero-order valence-corrected chi connectivity index (χ0v) is 11.1. The lowest BCUT2D eigenvalue weighted by atomic mass is 10.1. The summed E-state index contributed by atoms with van der Waals surface area (Å²) >= 11 is 5.76. The Kier molecular flexibility index (Phi) is 4.38. The quantitative estimate of drug-likeness (QED) is 0.858. The van der Waals surface area contributed by atoms with Gasteiger partial charge in [-0.05, 0) is 24.3 Å². The summed E-state index contributed by atoms with van der Waals surface area (Å²) in [5.41, 5.74) is 0.933. The molecule has 0 aliphatic carbocycles. The molecule has 0 aliphatic rings. The van der Waals surface area contributed by atoms with E-state index in [-0.39, 0.29) is 0 Å². The topological polar surface area (TPSA) is 63.6 Å². The fraction of sp³-hybridized carbons (Fsp3) is 0.0667. The van der Waals surface area contributed by atoms with Crippen LogP contribution in [0.25, 0.3) is 0 Å². The summed E-state index contributed by atoms with van der Waals surface area (Å²) in [5, 5.41) is 9.79. The number of ether oxygens (including phenoxy) is 1. The summed E-state index contributed by atoms with van der Waals surface area (Å²) in [6, 6.07) is 12.6. The number of halogens is 1. The van der Waals surface area contributed by atoms with Gasteiger partial charge in [0.2, 0.25) is 6.10 Å². The van der Waals surface area contributed by atoms with Crippen molar-refractivity contribution in [3.8, 4) is 5.75 Å². The van der Waals surface area contributed by atoms with Crippen molar-refractivity contribution in [3.05, 3.63) is 64.7 Å². The summed E-state index contributed by atoms with van der Waals surface area (Å²) in [5.74, 6) is -0.708. The molecule has 0 aromatic heterocycles. The third-order valence-corrected chi connectivity index (χ3v) is 2.92. The second-order valence-corrected chi connectivity index (χ2v) is 4.51. The first-order chi connectivity index (χ1) is 9.60. The number of carboxylic acid groups (broad SMARTS) is 1. The van der Waals surface area contributed by atoms with E-state index in [1.165, 1.54) is 0 Å². The third-order valence-electron chi connectivity index (χ3n) is 2.67. The Morgan fingerprint density at radius 1 is 1.10 bits per heavy atom. The zero-order chi connectivity index (χ0) is 14.5. The predicted octanol–water partition coefficient (Wildman–Crippen LogP) is 3.36. The highest BCUT2D eigenvalue weighted by atomic mass is 35.5. The van der Waals surface area contributed by atoms with Crippen LogP contribution >= 0.6 is 11.6 Å². The molecule has 0 amide bonds. The fourth-order valence-electron chi connectivity index (χ4n) is 1.66. The minimum absolute atomic E-state index is 0.404. The van der Waals surface area contributed by atoms with E-state index in [0.29, 0.717) is 28.2 Å². The van der Waals surface area contributed by atoms with E-state index in [9.17, 15) is 14.7 Å². The van der Waals surface area contributed by atoms with Crippen LogP contribution in [-0.4, -0.2) is 17.4 Å². The highest BCUT2D eigenvalue weighted by molar-refractivity contribution is 6.30. The van der Waals surface area contributed by atoms with Gasteiger partial charge in [-0.2, -0.15) is 0 Å². The number of benzene rings is 2. The number of carbonyl (C=O) groups excluding carboxylic acids is 1. The van der Waals surface area contributed by atoms with Crippen LogP contribution in [0.3, 0.4) is 0 Å². The minimum Gasteiger partial charge on any atom is -0.478 e. The van der Waals surface area contributed by atoms with Gasteiger partial charge in [0.15, 0.2) is 0 Å². The van der Waals surface area contributed by atoms with Crippen LogP contribution in [0.1, 0.15) is 22.0 Å². The molecule has 1 atom stereocenters. The van der Waals surface area contributed by atoms with Gasteiger partial charge < -0.3 is 9.84 Å². The first kappa shape index (κ1) is 14.1. The summed E-state index contributed by atoms with van der Waals surface area (Å²) in [7, 11) is 0. The Labute approximate surface area is 120 Å². The van der Waals surface area contributed by atoms with Gasteiger partial charge in [-0.1, -0.05) is 35.9 Å². The van der Waals surface area contributed by atoms with Crippen molar-refractivity contribution < 1.29 is 19.4 Å².